The van der Waals surface area contributed by atoms with Crippen molar-refractivity contribution in [2.45, 2.75) is 32.5 Å². The largest absolute Gasteiger partial charge is 0.325 e. The number of nitrogens with zero attached hydrogens (tertiary/aromatic N) is 3. The van der Waals surface area contributed by atoms with Gasteiger partial charge in [-0.2, -0.15) is 0 Å². The van der Waals surface area contributed by atoms with E-state index in [0.717, 1.165) is 17.0 Å². The molecule has 2 aromatic heterocycles. The van der Waals surface area contributed by atoms with Crippen molar-refractivity contribution >= 4 is 40.5 Å². The van der Waals surface area contributed by atoms with E-state index in [4.69, 9.17) is 0 Å². The van der Waals surface area contributed by atoms with Crippen LogP contribution in [0.2, 0.25) is 0 Å². The summed E-state index contributed by atoms with van der Waals surface area (Å²) in [6, 6.07) is 17.2. The molecule has 1 amide bonds. The molecule has 2 aromatic carbocycles. The van der Waals surface area contributed by atoms with Gasteiger partial charge in [0.25, 0.3) is 0 Å². The minimum atomic E-state index is -0.140. The minimum absolute atomic E-state index is 0.00521. The van der Waals surface area contributed by atoms with E-state index in [9.17, 15) is 9.59 Å². The number of carbonyl (C=O) groups is 2. The molecule has 2 heterocycles. The van der Waals surface area contributed by atoms with Gasteiger partial charge in [0.1, 0.15) is 0 Å². The van der Waals surface area contributed by atoms with Gasteiger partial charge in [-0.15, -0.1) is 21.5 Å². The number of rotatable bonds is 8. The molecule has 0 saturated heterocycles. The zero-order valence-corrected chi connectivity index (χ0v) is 20.3. The number of aromatic nitrogens is 3. The third-order valence-electron chi connectivity index (χ3n) is 5.22. The molecule has 8 heteroatoms. The van der Waals surface area contributed by atoms with Crippen LogP contribution >= 0.6 is 23.1 Å². The average Bonchev–Trinajstić information content (AvgIpc) is 3.41. The molecule has 6 nitrogen and oxygen atoms in total. The molecular weight excluding hydrogens is 452 g/mol. The molecule has 0 unspecified atom stereocenters. The molecule has 0 saturated carbocycles. The van der Waals surface area contributed by atoms with Crippen LogP contribution in [0, 0.1) is 6.92 Å². The first-order valence-corrected chi connectivity index (χ1v) is 12.4. The van der Waals surface area contributed by atoms with E-state index in [0.29, 0.717) is 23.0 Å². The van der Waals surface area contributed by atoms with Crippen LogP contribution in [0.5, 0.6) is 0 Å². The summed E-state index contributed by atoms with van der Waals surface area (Å²) in [5.41, 5.74) is 4.65. The van der Waals surface area contributed by atoms with Crippen LogP contribution in [0.15, 0.2) is 65.1 Å². The number of benzene rings is 2. The quantitative estimate of drug-likeness (QED) is 0.252. The fourth-order valence-corrected chi connectivity index (χ4v) is 5.24. The number of aryl methyl sites for hydroxylation is 1. The smallest absolute Gasteiger partial charge is 0.234 e. The molecule has 0 fully saturated rings. The maximum absolute atomic E-state index is 12.5. The van der Waals surface area contributed by atoms with Crippen LogP contribution in [0.4, 0.5) is 5.69 Å². The third kappa shape index (κ3) is 5.07. The minimum Gasteiger partial charge on any atom is -0.325 e. The third-order valence-corrected chi connectivity index (χ3v) is 7.10. The monoisotopic (exact) mass is 476 g/mol. The molecule has 0 spiro atoms. The second-order valence-electron chi connectivity index (χ2n) is 7.47. The highest BCUT2D eigenvalue weighted by molar-refractivity contribution is 7.99. The highest BCUT2D eigenvalue weighted by atomic mass is 32.2. The number of thiophene rings is 1. The van der Waals surface area contributed by atoms with Gasteiger partial charge in [-0.05, 0) is 50.6 Å². The zero-order valence-electron chi connectivity index (χ0n) is 18.7. The zero-order chi connectivity index (χ0) is 23.4. The number of thioether (sulfide) groups is 1. The number of Topliss-reactive ketones (excluding diaryl/α,β-unsaturated/α-hetero) is 1. The van der Waals surface area contributed by atoms with E-state index in [-0.39, 0.29) is 17.4 Å². The molecule has 33 heavy (non-hydrogen) atoms. The van der Waals surface area contributed by atoms with E-state index in [1.54, 1.807) is 35.6 Å². The Morgan fingerprint density at radius 3 is 2.45 bits per heavy atom. The van der Waals surface area contributed by atoms with Gasteiger partial charge in [0, 0.05) is 39.2 Å². The lowest BCUT2D eigenvalue weighted by molar-refractivity contribution is -0.113. The van der Waals surface area contributed by atoms with E-state index in [1.165, 1.54) is 29.1 Å². The van der Waals surface area contributed by atoms with Crippen molar-refractivity contribution < 1.29 is 9.59 Å². The van der Waals surface area contributed by atoms with Gasteiger partial charge < -0.3 is 9.88 Å². The summed E-state index contributed by atoms with van der Waals surface area (Å²) in [6.07, 6.45) is 0. The summed E-state index contributed by atoms with van der Waals surface area (Å²) >= 11 is 3.06. The summed E-state index contributed by atoms with van der Waals surface area (Å²) in [4.78, 5) is 25.1. The Hall–Kier alpha value is -3.23. The van der Waals surface area contributed by atoms with Crippen LogP contribution in [0.25, 0.3) is 22.5 Å². The van der Waals surface area contributed by atoms with Gasteiger partial charge >= 0.3 is 0 Å². The lowest BCUT2D eigenvalue weighted by Gasteiger charge is -2.09. The second-order valence-corrected chi connectivity index (χ2v) is 9.49. The summed E-state index contributed by atoms with van der Waals surface area (Å²) in [6.45, 7) is 6.38. The molecule has 0 bridgehead atoms. The molecule has 0 atom stereocenters. The number of hydrogen-bond donors (Lipinski definition) is 1. The van der Waals surface area contributed by atoms with Crippen molar-refractivity contribution in [2.75, 3.05) is 11.1 Å². The maximum atomic E-state index is 12.5. The van der Waals surface area contributed by atoms with Crippen molar-refractivity contribution in [3.63, 3.8) is 0 Å². The number of amides is 1. The number of ketones is 1. The van der Waals surface area contributed by atoms with E-state index in [1.807, 2.05) is 22.8 Å². The molecule has 0 radical (unpaired) electrons. The van der Waals surface area contributed by atoms with Crippen LogP contribution in [0.3, 0.4) is 0 Å². The van der Waals surface area contributed by atoms with Crippen LogP contribution in [-0.4, -0.2) is 32.2 Å². The Morgan fingerprint density at radius 1 is 1.06 bits per heavy atom. The van der Waals surface area contributed by atoms with Crippen molar-refractivity contribution in [1.82, 2.24) is 14.8 Å². The molecule has 0 aliphatic rings. The van der Waals surface area contributed by atoms with Gasteiger partial charge in [-0.1, -0.05) is 42.1 Å². The molecular formula is C25H24N4O2S2. The Labute approximate surface area is 201 Å². The molecule has 1 N–H and O–H groups in total. The fourth-order valence-electron chi connectivity index (χ4n) is 3.58. The van der Waals surface area contributed by atoms with Gasteiger partial charge in [0.2, 0.25) is 5.91 Å². The maximum Gasteiger partial charge on any atom is 0.234 e. The molecule has 4 aromatic rings. The fraction of sp³-hybridized carbons (Fsp3) is 0.200. The van der Waals surface area contributed by atoms with Gasteiger partial charge in [-0.3, -0.25) is 9.59 Å². The number of anilines is 1. The number of hydrogen-bond acceptors (Lipinski definition) is 6. The van der Waals surface area contributed by atoms with Crippen molar-refractivity contribution in [1.29, 1.82) is 0 Å². The number of carbonyl (C=O) groups excluding carboxylic acids is 2. The van der Waals surface area contributed by atoms with Crippen molar-refractivity contribution in [2.24, 2.45) is 0 Å². The lowest BCUT2D eigenvalue weighted by Crippen LogP contribution is -2.14. The Balaban J connectivity index is 1.50. The summed E-state index contributed by atoms with van der Waals surface area (Å²) in [7, 11) is 0. The second kappa shape index (κ2) is 10.1. The average molecular weight is 477 g/mol. The molecule has 0 aliphatic heterocycles. The molecule has 168 valence electrons. The Morgan fingerprint density at radius 2 is 1.79 bits per heavy atom. The van der Waals surface area contributed by atoms with Crippen LogP contribution in [-0.2, 0) is 11.3 Å². The molecule has 0 aliphatic carbocycles. The normalized spacial score (nSPS) is 10.9. The highest BCUT2D eigenvalue weighted by Crippen LogP contribution is 2.39. The Kier molecular flexibility index (Phi) is 7.05. The van der Waals surface area contributed by atoms with Gasteiger partial charge in [0.15, 0.2) is 16.8 Å². The Bertz CT molecular complexity index is 1280. The summed E-state index contributed by atoms with van der Waals surface area (Å²) in [5.74, 6) is 0.873. The predicted molar refractivity (Wildman–Crippen MR) is 135 cm³/mol. The number of nitrogens with one attached hydrogen (secondary N) is 1. The van der Waals surface area contributed by atoms with E-state index < -0.39 is 0 Å². The summed E-state index contributed by atoms with van der Waals surface area (Å²) < 4.78 is 2.05. The van der Waals surface area contributed by atoms with Crippen molar-refractivity contribution in [3.8, 4) is 22.5 Å². The predicted octanol–water partition coefficient (Wildman–Crippen LogP) is 5.94. The van der Waals surface area contributed by atoms with Crippen LogP contribution < -0.4 is 5.32 Å². The van der Waals surface area contributed by atoms with E-state index >= 15 is 0 Å². The molecule has 4 rings (SSSR count). The van der Waals surface area contributed by atoms with Crippen molar-refractivity contribution in [3.05, 3.63) is 70.4 Å². The first-order chi connectivity index (χ1) is 16.0. The van der Waals surface area contributed by atoms with E-state index in [2.05, 4.69) is 46.9 Å². The lowest BCUT2D eigenvalue weighted by atomic mass is 10.0. The topological polar surface area (TPSA) is 76.9 Å². The van der Waals surface area contributed by atoms with Crippen LogP contribution in [0.1, 0.15) is 29.1 Å². The first kappa shape index (κ1) is 22.9. The summed E-state index contributed by atoms with van der Waals surface area (Å²) in [5, 5.41) is 14.6. The SMILES string of the molecule is CCn1c(SCC(=O)Nc2ccc(C(C)=O)cc2)nnc1-c1csc(C)c1-c1ccccc1. The first-order valence-electron chi connectivity index (χ1n) is 10.6. The van der Waals surface area contributed by atoms with Gasteiger partial charge in [0.05, 0.1) is 5.75 Å². The van der Waals surface area contributed by atoms with Gasteiger partial charge in [-0.25, -0.2) is 0 Å². The standard InChI is InChI=1S/C25H24N4O2S2/c1-4-29-24(21-14-32-17(3)23(21)19-8-6-5-7-9-19)27-28-25(29)33-15-22(31)26-20-12-10-18(11-13-20)16(2)30/h5-14H,4,15H2,1-3H3,(H,26,31). The highest BCUT2D eigenvalue weighted by Gasteiger charge is 2.20.